The molecule has 0 aliphatic carbocycles. The normalized spacial score (nSPS) is 12.0. The Morgan fingerprint density at radius 2 is 0.653 bits per heavy atom. The van der Waals surface area contributed by atoms with Crippen LogP contribution in [0.15, 0.2) is 140 Å². The number of halogens is 1. The van der Waals surface area contributed by atoms with Crippen molar-refractivity contribution in [2.75, 3.05) is 0 Å². The topological polar surface area (TPSA) is 57.4 Å². The molecule has 0 saturated carbocycles. The van der Waals surface area contributed by atoms with Crippen LogP contribution in [0.2, 0.25) is 5.02 Å². The number of nitrogens with one attached hydrogen (secondary N) is 2. The number of rotatable bonds is 4. The Kier molecular flexibility index (Phi) is 7.15. The molecule has 0 amide bonds. The lowest BCUT2D eigenvalue weighted by molar-refractivity contribution is 1.28. The zero-order valence-electron chi connectivity index (χ0n) is 26.4. The van der Waals surface area contributed by atoms with Crippen molar-refractivity contribution < 1.29 is 0 Å². The van der Waals surface area contributed by atoms with Crippen LogP contribution in [0.5, 0.6) is 0 Å². The summed E-state index contributed by atoms with van der Waals surface area (Å²) in [6, 6.07) is 48.0. The van der Waals surface area contributed by atoms with Crippen molar-refractivity contribution in [3.63, 3.8) is 0 Å². The minimum Gasteiger partial charge on any atom is -0.354 e. The molecule has 5 heterocycles. The van der Waals surface area contributed by atoms with Gasteiger partial charge < -0.3 is 9.97 Å². The van der Waals surface area contributed by atoms with E-state index in [1.54, 1.807) is 0 Å². The van der Waals surface area contributed by atoms with Gasteiger partial charge in [0.25, 0.3) is 0 Å². The lowest BCUT2D eigenvalue weighted by Crippen LogP contribution is -1.91. The molecule has 0 radical (unpaired) electrons. The van der Waals surface area contributed by atoms with Gasteiger partial charge in [0, 0.05) is 49.3 Å². The average molecular weight is 649 g/mol. The minimum absolute atomic E-state index is 0.682. The van der Waals surface area contributed by atoms with Gasteiger partial charge in [-0.3, -0.25) is 0 Å². The van der Waals surface area contributed by atoms with Crippen LogP contribution in [0.25, 0.3) is 90.9 Å². The van der Waals surface area contributed by atoms with Crippen LogP contribution in [0.1, 0.15) is 22.8 Å². The Hall–Kier alpha value is -6.23. The maximum atomic E-state index is 6.36. The van der Waals surface area contributed by atoms with Crippen molar-refractivity contribution in [1.29, 1.82) is 0 Å². The van der Waals surface area contributed by atoms with E-state index in [0.29, 0.717) is 5.02 Å². The maximum absolute atomic E-state index is 6.36. The van der Waals surface area contributed by atoms with Crippen molar-refractivity contribution in [3.8, 4) is 44.5 Å². The summed E-state index contributed by atoms with van der Waals surface area (Å²) in [6.07, 6.45) is 8.41. The van der Waals surface area contributed by atoms with E-state index in [9.17, 15) is 0 Å². The fraction of sp³-hybridized carbons (Fsp3) is 0. The first-order valence-corrected chi connectivity index (χ1v) is 16.7. The number of H-pyrrole nitrogens is 2. The average Bonchev–Trinajstić information content (AvgIpc) is 3.98. The van der Waals surface area contributed by atoms with Crippen molar-refractivity contribution in [2.24, 2.45) is 0 Å². The third-order valence-electron chi connectivity index (χ3n) is 9.07. The number of hydrogen-bond donors (Lipinski definition) is 2. The molecule has 232 valence electrons. The highest BCUT2D eigenvalue weighted by Crippen LogP contribution is 2.38. The molecule has 0 unspecified atom stereocenters. The molecule has 9 rings (SSSR count). The smallest absolute Gasteiger partial charge is 0.0738 e. The Morgan fingerprint density at radius 1 is 0.327 bits per heavy atom. The minimum atomic E-state index is 0.682. The Labute approximate surface area is 288 Å². The third kappa shape index (κ3) is 5.29. The van der Waals surface area contributed by atoms with E-state index in [1.165, 1.54) is 0 Å². The van der Waals surface area contributed by atoms with Crippen LogP contribution in [-0.2, 0) is 0 Å². The van der Waals surface area contributed by atoms with Crippen molar-refractivity contribution >= 4 is 58.0 Å². The maximum Gasteiger partial charge on any atom is 0.0738 e. The second-order valence-electron chi connectivity index (χ2n) is 12.1. The number of hydrogen-bond acceptors (Lipinski definition) is 2. The molecule has 0 fully saturated rings. The van der Waals surface area contributed by atoms with Gasteiger partial charge in [-0.15, -0.1) is 0 Å². The molecule has 3 aromatic heterocycles. The predicted molar refractivity (Wildman–Crippen MR) is 206 cm³/mol. The van der Waals surface area contributed by atoms with Gasteiger partial charge in [-0.1, -0.05) is 115 Å². The summed E-state index contributed by atoms with van der Waals surface area (Å²) < 4.78 is 0. The number of benzene rings is 4. The van der Waals surface area contributed by atoms with E-state index in [0.717, 1.165) is 89.4 Å². The molecule has 5 heteroatoms. The van der Waals surface area contributed by atoms with E-state index in [1.807, 2.05) is 36.4 Å². The van der Waals surface area contributed by atoms with Crippen LogP contribution in [-0.4, -0.2) is 19.9 Å². The zero-order valence-corrected chi connectivity index (χ0v) is 27.1. The van der Waals surface area contributed by atoms with Gasteiger partial charge in [0.15, 0.2) is 0 Å². The second-order valence-corrected chi connectivity index (χ2v) is 12.5. The SMILES string of the molecule is Clc1ccc(-c2c3nc(c(-c4ccccc4)c4ccc([nH]4)c(-c4ccccc4)c4ccc([nH]4)c(-c4ccccc4)c4nc2C=C4)C=C3)cc1. The van der Waals surface area contributed by atoms with E-state index < -0.39 is 0 Å². The summed E-state index contributed by atoms with van der Waals surface area (Å²) in [5.74, 6) is 0. The highest BCUT2D eigenvalue weighted by Gasteiger charge is 2.19. The largest absolute Gasteiger partial charge is 0.354 e. The summed E-state index contributed by atoms with van der Waals surface area (Å²) in [7, 11) is 0. The van der Waals surface area contributed by atoms with Gasteiger partial charge in [-0.25, -0.2) is 9.97 Å². The number of aromatic nitrogens is 4. The molecule has 4 aromatic carbocycles. The number of aromatic amines is 2. The van der Waals surface area contributed by atoms with Crippen LogP contribution in [0.4, 0.5) is 0 Å². The van der Waals surface area contributed by atoms with Gasteiger partial charge in [0.1, 0.15) is 0 Å². The monoisotopic (exact) mass is 648 g/mol. The molecule has 8 bridgehead atoms. The van der Waals surface area contributed by atoms with Crippen LogP contribution in [0.3, 0.4) is 0 Å². The third-order valence-corrected chi connectivity index (χ3v) is 9.33. The van der Waals surface area contributed by atoms with Crippen molar-refractivity contribution in [3.05, 3.63) is 167 Å². The van der Waals surface area contributed by atoms with Crippen molar-refractivity contribution in [1.82, 2.24) is 19.9 Å². The first kappa shape index (κ1) is 29.0. The highest BCUT2D eigenvalue weighted by atomic mass is 35.5. The molecule has 7 aromatic rings. The summed E-state index contributed by atoms with van der Waals surface area (Å²) >= 11 is 6.36. The second kappa shape index (κ2) is 12.1. The van der Waals surface area contributed by atoms with E-state index in [4.69, 9.17) is 21.6 Å². The molecular formula is C44H29ClN4. The summed E-state index contributed by atoms with van der Waals surface area (Å²) in [5, 5.41) is 0.682. The van der Waals surface area contributed by atoms with Crippen LogP contribution in [0, 0.1) is 0 Å². The highest BCUT2D eigenvalue weighted by molar-refractivity contribution is 6.30. The first-order chi connectivity index (χ1) is 24.2. The Balaban J connectivity index is 1.48. The quantitative estimate of drug-likeness (QED) is 0.199. The Bertz CT molecular complexity index is 2440. The zero-order chi connectivity index (χ0) is 32.7. The molecule has 0 saturated heterocycles. The van der Waals surface area contributed by atoms with E-state index >= 15 is 0 Å². The van der Waals surface area contributed by atoms with E-state index in [-0.39, 0.29) is 0 Å². The molecule has 2 aliphatic heterocycles. The van der Waals surface area contributed by atoms with Gasteiger partial charge in [-0.05, 0) is 83.0 Å². The molecule has 49 heavy (non-hydrogen) atoms. The predicted octanol–water partition coefficient (Wildman–Crippen LogP) is 12.0. The van der Waals surface area contributed by atoms with Gasteiger partial charge >= 0.3 is 0 Å². The number of nitrogens with zero attached hydrogens (tertiary/aromatic N) is 2. The van der Waals surface area contributed by atoms with Crippen LogP contribution < -0.4 is 0 Å². The standard InChI is InChI=1S/C44H29ClN4/c45-32-18-16-31(17-19-32)44-39-26-24-37(48-39)42(29-12-6-2-7-13-29)35-22-20-33(46-35)41(28-10-4-1-5-11-28)34-21-23-36(47-34)43(30-14-8-3-9-15-30)38-25-27-40(44)49-38/h1-27,46-47H. The number of fused-ring (bicyclic) bond motifs is 8. The van der Waals surface area contributed by atoms with Gasteiger partial charge in [0.05, 0.1) is 22.8 Å². The lowest BCUT2D eigenvalue weighted by Gasteiger charge is -2.07. The first-order valence-electron chi connectivity index (χ1n) is 16.3. The lowest BCUT2D eigenvalue weighted by atomic mass is 10.0. The van der Waals surface area contributed by atoms with E-state index in [2.05, 4.69) is 137 Å². The van der Waals surface area contributed by atoms with Gasteiger partial charge in [-0.2, -0.15) is 0 Å². The fourth-order valence-corrected chi connectivity index (χ4v) is 6.98. The summed E-state index contributed by atoms with van der Waals surface area (Å²) in [4.78, 5) is 18.3. The van der Waals surface area contributed by atoms with Gasteiger partial charge in [0.2, 0.25) is 0 Å². The summed E-state index contributed by atoms with van der Waals surface area (Å²) in [6.45, 7) is 0. The summed E-state index contributed by atoms with van der Waals surface area (Å²) in [5.41, 5.74) is 15.7. The van der Waals surface area contributed by atoms with Crippen LogP contribution >= 0.6 is 11.6 Å². The molecule has 0 atom stereocenters. The Morgan fingerprint density at radius 3 is 1.06 bits per heavy atom. The molecule has 2 N–H and O–H groups in total. The molecule has 2 aliphatic rings. The fourth-order valence-electron chi connectivity index (χ4n) is 6.85. The molecule has 4 nitrogen and oxygen atoms in total. The van der Waals surface area contributed by atoms with Crippen molar-refractivity contribution in [2.45, 2.75) is 0 Å². The molecule has 0 spiro atoms. The molecular weight excluding hydrogens is 620 g/mol.